The first-order chi connectivity index (χ1) is 7.60. The predicted octanol–water partition coefficient (Wildman–Crippen LogP) is 2.32. The van der Waals surface area contributed by atoms with Gasteiger partial charge in [0.25, 0.3) is 0 Å². The number of nitrogens with one attached hydrogen (secondary N) is 2. The Morgan fingerprint density at radius 3 is 2.50 bits per heavy atom. The van der Waals surface area contributed by atoms with Gasteiger partial charge in [0.05, 0.1) is 0 Å². The number of hydrogen-bond acceptors (Lipinski definition) is 2. The summed E-state index contributed by atoms with van der Waals surface area (Å²) in [5, 5.41) is 6.30. The summed E-state index contributed by atoms with van der Waals surface area (Å²) in [5.74, 6) is 0.868. The van der Waals surface area contributed by atoms with Crippen molar-refractivity contribution >= 4 is 5.91 Å². The standard InChI is InChI=1S/C13H28N2O/c1-5-7-11(3)10-14-9-8-13(16)15-12(4)6-2/h11-12,14H,5-10H2,1-4H3,(H,15,16). The molecule has 0 spiro atoms. The fourth-order valence-electron chi connectivity index (χ4n) is 1.59. The van der Waals surface area contributed by atoms with E-state index < -0.39 is 0 Å². The van der Waals surface area contributed by atoms with Crippen LogP contribution in [0.5, 0.6) is 0 Å². The van der Waals surface area contributed by atoms with Gasteiger partial charge in [-0.05, 0) is 32.2 Å². The highest BCUT2D eigenvalue weighted by Gasteiger charge is 2.05. The number of carbonyl (C=O) groups is 1. The van der Waals surface area contributed by atoms with Crippen LogP contribution in [0.1, 0.15) is 53.4 Å². The molecule has 0 heterocycles. The quantitative estimate of drug-likeness (QED) is 0.595. The van der Waals surface area contributed by atoms with Crippen molar-refractivity contribution in [2.75, 3.05) is 13.1 Å². The molecule has 96 valence electrons. The summed E-state index contributed by atoms with van der Waals surface area (Å²) < 4.78 is 0. The molecule has 2 N–H and O–H groups in total. The molecule has 2 atom stereocenters. The van der Waals surface area contributed by atoms with E-state index in [2.05, 4.69) is 31.4 Å². The maximum atomic E-state index is 11.4. The van der Waals surface area contributed by atoms with Crippen LogP contribution in [0, 0.1) is 5.92 Å². The molecule has 3 nitrogen and oxygen atoms in total. The van der Waals surface area contributed by atoms with E-state index in [4.69, 9.17) is 0 Å². The van der Waals surface area contributed by atoms with Crippen LogP contribution in [0.15, 0.2) is 0 Å². The third kappa shape index (κ3) is 8.72. The van der Waals surface area contributed by atoms with E-state index in [1.54, 1.807) is 0 Å². The Kier molecular flexibility index (Phi) is 9.30. The Labute approximate surface area is 100 Å². The molecule has 3 heteroatoms. The van der Waals surface area contributed by atoms with Gasteiger partial charge in [-0.1, -0.05) is 27.2 Å². The van der Waals surface area contributed by atoms with Crippen molar-refractivity contribution in [1.82, 2.24) is 10.6 Å². The molecule has 0 radical (unpaired) electrons. The molecule has 0 aliphatic heterocycles. The molecule has 0 saturated heterocycles. The largest absolute Gasteiger partial charge is 0.354 e. The SMILES string of the molecule is CCCC(C)CNCCC(=O)NC(C)CC. The average Bonchev–Trinajstić information content (AvgIpc) is 2.24. The van der Waals surface area contributed by atoms with Crippen molar-refractivity contribution in [3.63, 3.8) is 0 Å². The summed E-state index contributed by atoms with van der Waals surface area (Å²) in [6, 6.07) is 0.298. The summed E-state index contributed by atoms with van der Waals surface area (Å²) in [7, 11) is 0. The Bertz CT molecular complexity index is 183. The van der Waals surface area contributed by atoms with Gasteiger partial charge in [0.2, 0.25) is 5.91 Å². The van der Waals surface area contributed by atoms with Crippen molar-refractivity contribution in [2.24, 2.45) is 5.92 Å². The van der Waals surface area contributed by atoms with E-state index >= 15 is 0 Å². The zero-order valence-electron chi connectivity index (χ0n) is 11.3. The third-order valence-electron chi connectivity index (χ3n) is 2.82. The van der Waals surface area contributed by atoms with E-state index in [1.165, 1.54) is 12.8 Å². The minimum Gasteiger partial charge on any atom is -0.354 e. The van der Waals surface area contributed by atoms with Crippen molar-refractivity contribution in [1.29, 1.82) is 0 Å². The summed E-state index contributed by atoms with van der Waals surface area (Å²) in [6.07, 6.45) is 4.07. The summed E-state index contributed by atoms with van der Waals surface area (Å²) in [5.41, 5.74) is 0. The molecule has 2 unspecified atom stereocenters. The Balaban J connectivity index is 3.40. The van der Waals surface area contributed by atoms with Crippen LogP contribution in [-0.2, 0) is 4.79 Å². The van der Waals surface area contributed by atoms with Crippen LogP contribution in [0.3, 0.4) is 0 Å². The second-order valence-corrected chi connectivity index (χ2v) is 4.72. The lowest BCUT2D eigenvalue weighted by Gasteiger charge is -2.13. The predicted molar refractivity (Wildman–Crippen MR) is 69.5 cm³/mol. The summed E-state index contributed by atoms with van der Waals surface area (Å²) in [4.78, 5) is 11.4. The lowest BCUT2D eigenvalue weighted by molar-refractivity contribution is -0.121. The summed E-state index contributed by atoms with van der Waals surface area (Å²) in [6.45, 7) is 10.4. The lowest BCUT2D eigenvalue weighted by atomic mass is 10.1. The van der Waals surface area contributed by atoms with Crippen molar-refractivity contribution < 1.29 is 4.79 Å². The van der Waals surface area contributed by atoms with E-state index in [9.17, 15) is 4.79 Å². The van der Waals surface area contributed by atoms with E-state index in [0.717, 1.165) is 19.5 Å². The molecular formula is C13H28N2O. The highest BCUT2D eigenvalue weighted by atomic mass is 16.1. The summed E-state index contributed by atoms with van der Waals surface area (Å²) >= 11 is 0. The van der Waals surface area contributed by atoms with Crippen molar-refractivity contribution in [3.05, 3.63) is 0 Å². The van der Waals surface area contributed by atoms with Gasteiger partial charge in [0, 0.05) is 19.0 Å². The normalized spacial score (nSPS) is 14.5. The first-order valence-corrected chi connectivity index (χ1v) is 6.60. The number of rotatable bonds is 9. The number of amides is 1. The van der Waals surface area contributed by atoms with Gasteiger partial charge >= 0.3 is 0 Å². The monoisotopic (exact) mass is 228 g/mol. The van der Waals surface area contributed by atoms with Crippen LogP contribution >= 0.6 is 0 Å². The molecule has 1 amide bonds. The maximum absolute atomic E-state index is 11.4. The minimum atomic E-state index is 0.157. The molecule has 0 rings (SSSR count). The first kappa shape index (κ1) is 15.4. The van der Waals surface area contributed by atoms with E-state index in [0.29, 0.717) is 18.4 Å². The molecule has 0 saturated carbocycles. The number of hydrogen-bond donors (Lipinski definition) is 2. The Hall–Kier alpha value is -0.570. The molecule has 0 aliphatic rings. The molecular weight excluding hydrogens is 200 g/mol. The van der Waals surface area contributed by atoms with Gasteiger partial charge < -0.3 is 10.6 Å². The number of carbonyl (C=O) groups excluding carboxylic acids is 1. The molecule has 0 aromatic heterocycles. The highest BCUT2D eigenvalue weighted by molar-refractivity contribution is 5.76. The molecule has 0 fully saturated rings. The third-order valence-corrected chi connectivity index (χ3v) is 2.82. The highest BCUT2D eigenvalue weighted by Crippen LogP contribution is 2.02. The van der Waals surface area contributed by atoms with Gasteiger partial charge in [0.1, 0.15) is 0 Å². The topological polar surface area (TPSA) is 41.1 Å². The zero-order chi connectivity index (χ0) is 12.4. The van der Waals surface area contributed by atoms with Gasteiger partial charge in [0.15, 0.2) is 0 Å². The Morgan fingerprint density at radius 1 is 1.25 bits per heavy atom. The fourth-order valence-corrected chi connectivity index (χ4v) is 1.59. The van der Waals surface area contributed by atoms with Gasteiger partial charge in [-0.15, -0.1) is 0 Å². The second-order valence-electron chi connectivity index (χ2n) is 4.72. The molecule has 0 aromatic carbocycles. The van der Waals surface area contributed by atoms with Crippen LogP contribution < -0.4 is 10.6 Å². The molecule has 0 aliphatic carbocycles. The smallest absolute Gasteiger partial charge is 0.221 e. The van der Waals surface area contributed by atoms with Crippen molar-refractivity contribution in [2.45, 2.75) is 59.4 Å². The zero-order valence-corrected chi connectivity index (χ0v) is 11.3. The first-order valence-electron chi connectivity index (χ1n) is 6.60. The fraction of sp³-hybridized carbons (Fsp3) is 0.923. The van der Waals surface area contributed by atoms with Gasteiger partial charge in [-0.3, -0.25) is 4.79 Å². The second kappa shape index (κ2) is 9.64. The average molecular weight is 228 g/mol. The van der Waals surface area contributed by atoms with E-state index in [1.807, 2.05) is 6.92 Å². The molecule has 16 heavy (non-hydrogen) atoms. The minimum absolute atomic E-state index is 0.157. The maximum Gasteiger partial charge on any atom is 0.221 e. The van der Waals surface area contributed by atoms with Gasteiger partial charge in [-0.25, -0.2) is 0 Å². The molecule has 0 bridgehead atoms. The van der Waals surface area contributed by atoms with Crippen molar-refractivity contribution in [3.8, 4) is 0 Å². The van der Waals surface area contributed by atoms with E-state index in [-0.39, 0.29) is 5.91 Å². The lowest BCUT2D eigenvalue weighted by Crippen LogP contribution is -2.34. The van der Waals surface area contributed by atoms with Crippen LogP contribution in [-0.4, -0.2) is 25.0 Å². The Morgan fingerprint density at radius 2 is 1.94 bits per heavy atom. The van der Waals surface area contributed by atoms with Crippen LogP contribution in [0.4, 0.5) is 0 Å². The van der Waals surface area contributed by atoms with Gasteiger partial charge in [-0.2, -0.15) is 0 Å². The van der Waals surface area contributed by atoms with Crippen LogP contribution in [0.2, 0.25) is 0 Å². The van der Waals surface area contributed by atoms with Crippen LogP contribution in [0.25, 0.3) is 0 Å². The molecule has 0 aromatic rings.